The largest absolute Gasteiger partial charge is 0.437 e. The summed E-state index contributed by atoms with van der Waals surface area (Å²) < 4.78 is 19.3. The van der Waals surface area contributed by atoms with Crippen LogP contribution in [0, 0.1) is 12.7 Å². The standard InChI is InChI=1S/C21H20FN5O2/c1-14-11-26-18(12-25-14)21(28)27-9-3-4-15(13-27)19-20(24-8-7-23-19)29-17-6-2-5-16(22)10-17/h2,5-8,10-12,15H,3-4,9,13H2,1H3/t15-/m1/s1. The first kappa shape index (κ1) is 18.9. The molecule has 1 fully saturated rings. The van der Waals surface area contributed by atoms with Crippen molar-refractivity contribution in [2.24, 2.45) is 0 Å². The number of ether oxygens (including phenoxy) is 1. The van der Waals surface area contributed by atoms with Gasteiger partial charge in [-0.2, -0.15) is 0 Å². The van der Waals surface area contributed by atoms with E-state index in [-0.39, 0.29) is 17.6 Å². The molecule has 0 saturated carbocycles. The van der Waals surface area contributed by atoms with Crippen LogP contribution in [0.5, 0.6) is 11.6 Å². The molecule has 8 heteroatoms. The summed E-state index contributed by atoms with van der Waals surface area (Å²) in [4.78, 5) is 31.7. The Hall–Kier alpha value is -3.42. The number of nitrogens with zero attached hydrogens (tertiary/aromatic N) is 5. The van der Waals surface area contributed by atoms with Crippen LogP contribution in [0.15, 0.2) is 49.1 Å². The van der Waals surface area contributed by atoms with Gasteiger partial charge in [-0.25, -0.2) is 14.4 Å². The van der Waals surface area contributed by atoms with Crippen molar-refractivity contribution in [3.8, 4) is 11.6 Å². The maximum Gasteiger partial charge on any atom is 0.274 e. The number of aromatic nitrogens is 4. The van der Waals surface area contributed by atoms with Crippen LogP contribution < -0.4 is 4.74 Å². The molecule has 1 saturated heterocycles. The Morgan fingerprint density at radius 3 is 2.83 bits per heavy atom. The number of aryl methyl sites for hydroxylation is 1. The lowest BCUT2D eigenvalue weighted by molar-refractivity contribution is 0.0698. The molecule has 4 rings (SSSR count). The maximum atomic E-state index is 13.5. The third-order valence-electron chi connectivity index (χ3n) is 4.80. The molecule has 0 radical (unpaired) electrons. The second-order valence-electron chi connectivity index (χ2n) is 6.94. The highest BCUT2D eigenvalue weighted by Crippen LogP contribution is 2.33. The molecular weight excluding hydrogens is 373 g/mol. The predicted molar refractivity (Wildman–Crippen MR) is 103 cm³/mol. The normalized spacial score (nSPS) is 16.5. The van der Waals surface area contributed by atoms with Gasteiger partial charge in [0.25, 0.3) is 5.91 Å². The highest BCUT2D eigenvalue weighted by molar-refractivity contribution is 5.92. The van der Waals surface area contributed by atoms with Gasteiger partial charge >= 0.3 is 0 Å². The van der Waals surface area contributed by atoms with Crippen molar-refractivity contribution >= 4 is 5.91 Å². The summed E-state index contributed by atoms with van der Waals surface area (Å²) in [5.74, 6) is 0.0987. The van der Waals surface area contributed by atoms with Crippen molar-refractivity contribution in [1.29, 1.82) is 0 Å². The molecule has 0 bridgehead atoms. The number of benzene rings is 1. The lowest BCUT2D eigenvalue weighted by Crippen LogP contribution is -2.39. The van der Waals surface area contributed by atoms with Crippen LogP contribution in [0.4, 0.5) is 4.39 Å². The fourth-order valence-electron chi connectivity index (χ4n) is 3.39. The monoisotopic (exact) mass is 393 g/mol. The van der Waals surface area contributed by atoms with E-state index in [0.29, 0.717) is 36.1 Å². The Balaban J connectivity index is 1.54. The van der Waals surface area contributed by atoms with Crippen LogP contribution in [0.3, 0.4) is 0 Å². The van der Waals surface area contributed by atoms with E-state index >= 15 is 0 Å². The number of carbonyl (C=O) groups excluding carboxylic acids is 1. The zero-order valence-corrected chi connectivity index (χ0v) is 16.0. The van der Waals surface area contributed by atoms with Crippen LogP contribution in [0.2, 0.25) is 0 Å². The maximum absolute atomic E-state index is 13.5. The van der Waals surface area contributed by atoms with E-state index in [0.717, 1.165) is 18.5 Å². The Morgan fingerprint density at radius 1 is 1.17 bits per heavy atom. The first-order valence-corrected chi connectivity index (χ1v) is 9.42. The highest BCUT2D eigenvalue weighted by atomic mass is 19.1. The second-order valence-corrected chi connectivity index (χ2v) is 6.94. The first-order chi connectivity index (χ1) is 14.1. The van der Waals surface area contributed by atoms with Gasteiger partial charge < -0.3 is 9.64 Å². The van der Waals surface area contributed by atoms with Crippen molar-refractivity contribution in [2.45, 2.75) is 25.7 Å². The molecule has 0 aliphatic carbocycles. The van der Waals surface area contributed by atoms with Crippen LogP contribution >= 0.6 is 0 Å². The Kier molecular flexibility index (Phi) is 5.41. The van der Waals surface area contributed by atoms with Crippen molar-refractivity contribution in [3.63, 3.8) is 0 Å². The molecule has 2 aromatic heterocycles. The lowest BCUT2D eigenvalue weighted by Gasteiger charge is -2.32. The Bertz CT molecular complexity index is 1010. The first-order valence-electron chi connectivity index (χ1n) is 9.42. The van der Waals surface area contributed by atoms with E-state index in [1.165, 1.54) is 24.5 Å². The minimum absolute atomic E-state index is 0.0385. The van der Waals surface area contributed by atoms with Gasteiger partial charge in [-0.1, -0.05) is 6.07 Å². The van der Waals surface area contributed by atoms with Crippen molar-refractivity contribution in [1.82, 2.24) is 24.8 Å². The predicted octanol–water partition coefficient (Wildman–Crippen LogP) is 3.53. The number of halogens is 1. The minimum Gasteiger partial charge on any atom is -0.437 e. The number of likely N-dealkylation sites (tertiary alicyclic amines) is 1. The second kappa shape index (κ2) is 8.30. The van der Waals surface area contributed by atoms with Crippen molar-refractivity contribution in [2.75, 3.05) is 13.1 Å². The lowest BCUT2D eigenvalue weighted by atomic mass is 9.94. The van der Waals surface area contributed by atoms with Crippen molar-refractivity contribution < 1.29 is 13.9 Å². The quantitative estimate of drug-likeness (QED) is 0.675. The van der Waals surface area contributed by atoms with Gasteiger partial charge in [-0.15, -0.1) is 0 Å². The van der Waals surface area contributed by atoms with Crippen LogP contribution in [-0.4, -0.2) is 43.8 Å². The molecular formula is C21H20FN5O2. The topological polar surface area (TPSA) is 81.1 Å². The smallest absolute Gasteiger partial charge is 0.274 e. The fraction of sp³-hybridized carbons (Fsp3) is 0.286. The number of hydrogen-bond acceptors (Lipinski definition) is 6. The molecule has 0 unspecified atom stereocenters. The van der Waals surface area contributed by atoms with Gasteiger partial charge in [0.05, 0.1) is 11.9 Å². The van der Waals surface area contributed by atoms with Gasteiger partial charge in [0.15, 0.2) is 0 Å². The molecule has 1 amide bonds. The van der Waals surface area contributed by atoms with Gasteiger partial charge in [-0.3, -0.25) is 14.8 Å². The molecule has 29 heavy (non-hydrogen) atoms. The fourth-order valence-corrected chi connectivity index (χ4v) is 3.39. The molecule has 1 atom stereocenters. The third kappa shape index (κ3) is 4.37. The van der Waals surface area contributed by atoms with E-state index in [1.807, 2.05) is 6.92 Å². The van der Waals surface area contributed by atoms with E-state index in [9.17, 15) is 9.18 Å². The summed E-state index contributed by atoms with van der Waals surface area (Å²) in [6.45, 7) is 2.95. The molecule has 0 N–H and O–H groups in total. The summed E-state index contributed by atoms with van der Waals surface area (Å²) >= 11 is 0. The Morgan fingerprint density at radius 2 is 2.03 bits per heavy atom. The Labute approximate surface area is 167 Å². The van der Waals surface area contributed by atoms with E-state index in [1.54, 1.807) is 29.4 Å². The van der Waals surface area contributed by atoms with Crippen molar-refractivity contribution in [3.05, 3.63) is 72.0 Å². The third-order valence-corrected chi connectivity index (χ3v) is 4.80. The molecule has 148 valence electrons. The summed E-state index contributed by atoms with van der Waals surface area (Å²) in [5, 5.41) is 0. The SMILES string of the molecule is Cc1cnc(C(=O)N2CCC[C@@H](c3nccnc3Oc3cccc(F)c3)C2)cn1. The number of piperidine rings is 1. The number of rotatable bonds is 4. The van der Waals surface area contributed by atoms with Gasteiger partial charge in [0, 0.05) is 43.7 Å². The molecule has 1 aromatic carbocycles. The van der Waals surface area contributed by atoms with Gasteiger partial charge in [0.1, 0.15) is 23.0 Å². The molecule has 0 spiro atoms. The summed E-state index contributed by atoms with van der Waals surface area (Å²) in [6, 6.07) is 5.88. The van der Waals surface area contributed by atoms with Gasteiger partial charge in [0.2, 0.25) is 5.88 Å². The minimum atomic E-state index is -0.387. The van der Waals surface area contributed by atoms with Crippen LogP contribution in [0.25, 0.3) is 0 Å². The highest BCUT2D eigenvalue weighted by Gasteiger charge is 2.29. The van der Waals surface area contributed by atoms with Crippen LogP contribution in [0.1, 0.15) is 40.6 Å². The number of amides is 1. The van der Waals surface area contributed by atoms with E-state index in [4.69, 9.17) is 4.74 Å². The summed E-state index contributed by atoms with van der Waals surface area (Å²) in [6.07, 6.45) is 7.89. The summed E-state index contributed by atoms with van der Waals surface area (Å²) in [7, 11) is 0. The molecule has 1 aliphatic rings. The molecule has 7 nitrogen and oxygen atoms in total. The number of hydrogen-bond donors (Lipinski definition) is 0. The number of carbonyl (C=O) groups is 1. The van der Waals surface area contributed by atoms with E-state index in [2.05, 4.69) is 19.9 Å². The average molecular weight is 393 g/mol. The molecule has 1 aliphatic heterocycles. The van der Waals surface area contributed by atoms with Crippen LogP contribution in [-0.2, 0) is 0 Å². The van der Waals surface area contributed by atoms with E-state index < -0.39 is 0 Å². The molecule has 3 heterocycles. The zero-order chi connectivity index (χ0) is 20.2. The molecule has 3 aromatic rings. The zero-order valence-electron chi connectivity index (χ0n) is 16.0. The van der Waals surface area contributed by atoms with Gasteiger partial charge in [-0.05, 0) is 31.9 Å². The average Bonchev–Trinajstić information content (AvgIpc) is 2.74. The summed E-state index contributed by atoms with van der Waals surface area (Å²) in [5.41, 5.74) is 1.74.